The molecule has 0 spiro atoms. The fourth-order valence-electron chi connectivity index (χ4n) is 0.763. The zero-order chi connectivity index (χ0) is 10.1. The van der Waals surface area contributed by atoms with Gasteiger partial charge in [-0.1, -0.05) is 0 Å². The van der Waals surface area contributed by atoms with E-state index in [1.54, 1.807) is 0 Å². The monoisotopic (exact) mass is 213 g/mol. The van der Waals surface area contributed by atoms with Crippen LogP contribution < -0.4 is 4.72 Å². The zero-order valence-corrected chi connectivity index (χ0v) is 7.72. The maximum atomic E-state index is 12.6. The van der Waals surface area contributed by atoms with Gasteiger partial charge >= 0.3 is 0 Å². The fraction of sp³-hybridized carbons (Fsp3) is 1.00. The number of hydrogen-bond acceptors (Lipinski definition) is 4. The van der Waals surface area contributed by atoms with Crippen LogP contribution in [0.1, 0.15) is 12.8 Å². The Hall–Kier alpha value is -0.240. The highest BCUT2D eigenvalue weighted by Gasteiger charge is 2.37. The van der Waals surface area contributed by atoms with Gasteiger partial charge in [0.1, 0.15) is 6.61 Å². The average molecular weight is 213 g/mol. The minimum Gasteiger partial charge on any atom is -0.390 e. The van der Waals surface area contributed by atoms with Crippen LogP contribution in [0.25, 0.3) is 0 Å². The Morgan fingerprint density at radius 1 is 1.54 bits per heavy atom. The van der Waals surface area contributed by atoms with Crippen LogP contribution >= 0.6 is 0 Å². The summed E-state index contributed by atoms with van der Waals surface area (Å²) in [6.45, 7) is -1.93. The van der Waals surface area contributed by atoms with E-state index >= 15 is 0 Å². The van der Waals surface area contributed by atoms with E-state index in [1.807, 2.05) is 4.72 Å². The average Bonchev–Trinajstić information content (AvgIpc) is 2.84. The third kappa shape index (κ3) is 3.18. The molecular formula is C6H12FNO4S. The second-order valence-corrected chi connectivity index (χ2v) is 5.19. The number of rotatable bonds is 5. The second-order valence-electron chi connectivity index (χ2n) is 3.14. The molecule has 1 saturated carbocycles. The lowest BCUT2D eigenvalue weighted by Gasteiger charge is -2.16. The lowest BCUT2D eigenvalue weighted by atomic mass is 10.3. The number of aliphatic hydroxyl groups excluding tert-OH is 1. The lowest BCUT2D eigenvalue weighted by molar-refractivity contribution is -0.116. The van der Waals surface area contributed by atoms with Crippen molar-refractivity contribution in [3.8, 4) is 0 Å². The van der Waals surface area contributed by atoms with Crippen molar-refractivity contribution >= 4 is 10.0 Å². The Morgan fingerprint density at radius 3 is 2.46 bits per heavy atom. The van der Waals surface area contributed by atoms with Gasteiger partial charge in [-0.25, -0.2) is 17.5 Å². The van der Waals surface area contributed by atoms with Crippen LogP contribution in [0.4, 0.5) is 4.39 Å². The highest BCUT2D eigenvalue weighted by Crippen LogP contribution is 2.27. The first-order chi connectivity index (χ1) is 5.87. The molecule has 1 rings (SSSR count). The molecule has 3 N–H and O–H groups in total. The van der Waals surface area contributed by atoms with Gasteiger partial charge in [-0.2, -0.15) is 0 Å². The molecule has 0 aromatic heterocycles. The van der Waals surface area contributed by atoms with Gasteiger partial charge in [-0.05, 0) is 12.8 Å². The van der Waals surface area contributed by atoms with Gasteiger partial charge in [0.05, 0.1) is 11.8 Å². The number of nitrogens with one attached hydrogen (secondary N) is 1. The SMILES string of the molecule is O=S(=O)(NCC(O)(F)CO)C1CC1. The molecule has 1 atom stereocenters. The van der Waals surface area contributed by atoms with Crippen LogP contribution in [-0.2, 0) is 10.0 Å². The molecule has 0 aromatic rings. The lowest BCUT2D eigenvalue weighted by Crippen LogP contribution is -2.43. The van der Waals surface area contributed by atoms with Gasteiger partial charge < -0.3 is 10.2 Å². The summed E-state index contributed by atoms with van der Waals surface area (Å²) in [4.78, 5) is 0. The topological polar surface area (TPSA) is 86.6 Å². The summed E-state index contributed by atoms with van der Waals surface area (Å²) in [7, 11) is -3.49. The van der Waals surface area contributed by atoms with E-state index in [1.165, 1.54) is 0 Å². The normalized spacial score (nSPS) is 22.7. The number of halogens is 1. The molecule has 1 aliphatic rings. The molecule has 13 heavy (non-hydrogen) atoms. The standard InChI is InChI=1S/C6H12FNO4S/c7-6(10,4-9)3-8-13(11,12)5-1-2-5/h5,8-10H,1-4H2. The second kappa shape index (κ2) is 3.49. The molecule has 0 radical (unpaired) electrons. The van der Waals surface area contributed by atoms with E-state index in [-0.39, 0.29) is 0 Å². The summed E-state index contributed by atoms with van der Waals surface area (Å²) < 4.78 is 36.7. The minimum atomic E-state index is -3.49. The molecule has 5 nitrogen and oxygen atoms in total. The third-order valence-corrected chi connectivity index (χ3v) is 3.65. The predicted octanol–water partition coefficient (Wildman–Crippen LogP) is -1.28. The van der Waals surface area contributed by atoms with E-state index in [9.17, 15) is 12.8 Å². The number of aliphatic hydroxyl groups is 2. The maximum Gasteiger partial charge on any atom is 0.243 e. The smallest absolute Gasteiger partial charge is 0.243 e. The molecular weight excluding hydrogens is 201 g/mol. The summed E-state index contributed by atoms with van der Waals surface area (Å²) in [6.07, 6.45) is 1.14. The van der Waals surface area contributed by atoms with E-state index in [2.05, 4.69) is 0 Å². The summed E-state index contributed by atoms with van der Waals surface area (Å²) in [6, 6.07) is 0. The van der Waals surface area contributed by atoms with Gasteiger partial charge in [-0.3, -0.25) is 0 Å². The van der Waals surface area contributed by atoms with Crippen molar-refractivity contribution in [2.24, 2.45) is 0 Å². The van der Waals surface area contributed by atoms with Gasteiger partial charge in [0.15, 0.2) is 0 Å². The summed E-state index contributed by atoms with van der Waals surface area (Å²) in [5.41, 5.74) is 0. The summed E-state index contributed by atoms with van der Waals surface area (Å²) in [5, 5.41) is 16.5. The van der Waals surface area contributed by atoms with Crippen molar-refractivity contribution in [1.82, 2.24) is 4.72 Å². The molecule has 78 valence electrons. The van der Waals surface area contributed by atoms with Crippen molar-refractivity contribution in [2.75, 3.05) is 13.2 Å². The van der Waals surface area contributed by atoms with Crippen LogP contribution in [0.5, 0.6) is 0 Å². The molecule has 1 fully saturated rings. The number of alkyl halides is 1. The van der Waals surface area contributed by atoms with Crippen LogP contribution in [-0.4, -0.2) is 42.9 Å². The quantitative estimate of drug-likeness (QED) is 0.531. The van der Waals surface area contributed by atoms with Gasteiger partial charge in [0.2, 0.25) is 15.9 Å². The van der Waals surface area contributed by atoms with E-state index in [0.717, 1.165) is 0 Å². The van der Waals surface area contributed by atoms with E-state index in [0.29, 0.717) is 12.8 Å². The molecule has 0 saturated heterocycles. The van der Waals surface area contributed by atoms with Crippen molar-refractivity contribution < 1.29 is 23.0 Å². The Bertz CT molecular complexity index is 272. The Labute approximate surface area is 75.6 Å². The number of hydrogen-bond donors (Lipinski definition) is 3. The maximum absolute atomic E-state index is 12.6. The van der Waals surface area contributed by atoms with Crippen molar-refractivity contribution in [3.63, 3.8) is 0 Å². The van der Waals surface area contributed by atoms with Crippen molar-refractivity contribution in [3.05, 3.63) is 0 Å². The van der Waals surface area contributed by atoms with E-state index in [4.69, 9.17) is 10.2 Å². The molecule has 0 aliphatic heterocycles. The summed E-state index contributed by atoms with van der Waals surface area (Å²) in [5.74, 6) is -2.87. The highest BCUT2D eigenvalue weighted by atomic mass is 32.2. The predicted molar refractivity (Wildman–Crippen MR) is 43.1 cm³/mol. The first-order valence-corrected chi connectivity index (χ1v) is 5.43. The first-order valence-electron chi connectivity index (χ1n) is 3.88. The Morgan fingerprint density at radius 2 is 2.08 bits per heavy atom. The summed E-state index contributed by atoms with van der Waals surface area (Å²) >= 11 is 0. The highest BCUT2D eigenvalue weighted by molar-refractivity contribution is 7.90. The van der Waals surface area contributed by atoms with Crippen molar-refractivity contribution in [2.45, 2.75) is 23.9 Å². The molecule has 0 heterocycles. The van der Waals surface area contributed by atoms with Gasteiger partial charge in [-0.15, -0.1) is 0 Å². The molecule has 0 aromatic carbocycles. The van der Waals surface area contributed by atoms with Crippen LogP contribution in [0.15, 0.2) is 0 Å². The van der Waals surface area contributed by atoms with Gasteiger partial charge in [0.25, 0.3) is 0 Å². The molecule has 7 heteroatoms. The fourth-order valence-corrected chi connectivity index (χ4v) is 2.18. The zero-order valence-electron chi connectivity index (χ0n) is 6.90. The van der Waals surface area contributed by atoms with Crippen LogP contribution in [0.2, 0.25) is 0 Å². The molecule has 0 amide bonds. The molecule has 1 aliphatic carbocycles. The largest absolute Gasteiger partial charge is 0.390 e. The Kier molecular flexibility index (Phi) is 2.91. The molecule has 1 unspecified atom stereocenters. The minimum absolute atomic E-state index is 0.456. The Balaban J connectivity index is 2.41. The number of sulfonamides is 1. The first kappa shape index (κ1) is 10.8. The van der Waals surface area contributed by atoms with E-state index < -0.39 is 34.3 Å². The van der Waals surface area contributed by atoms with Crippen LogP contribution in [0, 0.1) is 0 Å². The van der Waals surface area contributed by atoms with Crippen molar-refractivity contribution in [1.29, 1.82) is 0 Å². The van der Waals surface area contributed by atoms with Crippen LogP contribution in [0.3, 0.4) is 0 Å². The van der Waals surface area contributed by atoms with Gasteiger partial charge in [0, 0.05) is 0 Å². The molecule has 0 bridgehead atoms. The third-order valence-electron chi connectivity index (χ3n) is 1.75.